The lowest BCUT2D eigenvalue weighted by Crippen LogP contribution is -2.68. The minimum atomic E-state index is -3.41. The van der Waals surface area contributed by atoms with E-state index in [0.717, 1.165) is 47.8 Å². The van der Waals surface area contributed by atoms with Gasteiger partial charge in [0.1, 0.15) is 36.6 Å². The SMILES string of the molecule is CO[C@H]1OC(CO[Si](c2ccccc2)(c2ccccc2)C(C)(C)C)[C@@H](O[C@@H]2OC(C)[C@H](O[C@@H]3OC(CO[Si](c4ccccc4)(c4ccccc4)C(C)(C)C)[C@@H](O[C@@H]4OC(C)[C@@H](O[C@H]5OC(CO[Si](c6ccccc6)(c6ccccc6)C(C)(C)C)[C@@H](O[C@@H]6OC(C)[C@@H](O)[C@@H](OCc7ccccc7)C6C)[C@H](C)C5N=[N+]=[N-])[C@@H](OCc5ccccc5)C4C)[C@H](C)C3N=[N+]=[N-])[C@@H](OCc3ccccc3)C2C)[C@H](C)C1C. The van der Waals surface area contributed by atoms with E-state index in [2.05, 4.69) is 249 Å². The zero-order chi connectivity index (χ0) is 100. The van der Waals surface area contributed by atoms with Crippen LogP contribution in [0.2, 0.25) is 15.1 Å². The molecule has 141 heavy (non-hydrogen) atoms. The van der Waals surface area contributed by atoms with Gasteiger partial charge < -0.3 is 89.4 Å². The highest BCUT2D eigenvalue weighted by atomic mass is 28.4. The molecule has 30 atom stereocenters. The Bertz CT molecular complexity index is 5320. The fourth-order valence-electron chi connectivity index (χ4n) is 22.4. The normalized spacial score (nSPS) is 31.9. The molecule has 0 aliphatic carbocycles. The zero-order valence-corrected chi connectivity index (χ0v) is 88.5. The van der Waals surface area contributed by atoms with Crippen LogP contribution in [-0.4, -0.2) is 198 Å². The molecule has 0 bridgehead atoms. The highest BCUT2D eigenvalue weighted by Gasteiger charge is 2.61. The lowest BCUT2D eigenvalue weighted by atomic mass is 9.84. The summed E-state index contributed by atoms with van der Waals surface area (Å²) in [6.07, 6.45) is -18.4. The lowest BCUT2D eigenvalue weighted by molar-refractivity contribution is -0.370. The predicted octanol–water partition coefficient (Wildman–Crippen LogP) is 18.6. The van der Waals surface area contributed by atoms with Crippen molar-refractivity contribution >= 4 is 56.1 Å². The van der Waals surface area contributed by atoms with E-state index in [4.69, 9.17) is 84.3 Å². The first-order chi connectivity index (χ1) is 67.7. The van der Waals surface area contributed by atoms with Gasteiger partial charge in [-0.15, -0.1) is 0 Å². The van der Waals surface area contributed by atoms with Gasteiger partial charge in [-0.2, -0.15) is 0 Å². The fourth-order valence-corrected chi connectivity index (χ4v) is 36.1. The van der Waals surface area contributed by atoms with E-state index >= 15 is 0 Å². The molecule has 9 aromatic carbocycles. The van der Waals surface area contributed by atoms with Crippen molar-refractivity contribution in [1.82, 2.24) is 0 Å². The second-order valence-corrected chi connectivity index (χ2v) is 55.5. The largest absolute Gasteiger partial charge is 0.405 e. The van der Waals surface area contributed by atoms with Crippen LogP contribution in [0.4, 0.5) is 0 Å². The summed E-state index contributed by atoms with van der Waals surface area (Å²) in [7, 11) is -8.18. The average Bonchev–Trinajstić information content (AvgIpc) is 0.731. The van der Waals surface area contributed by atoms with Crippen LogP contribution in [0, 0.1) is 41.4 Å². The first-order valence-corrected chi connectivity index (χ1v) is 56.2. The number of aliphatic hydroxyl groups is 1. The minimum absolute atomic E-state index is 0.0135. The molecule has 28 heteroatoms. The molecule has 6 aliphatic rings. The molecule has 6 heterocycles. The molecule has 6 fully saturated rings. The fraction of sp³-hybridized carbons (Fsp3) is 0.522. The van der Waals surface area contributed by atoms with Crippen LogP contribution >= 0.6 is 0 Å². The molecular formula is C113H148N6O19Si3. The second kappa shape index (κ2) is 47.3. The van der Waals surface area contributed by atoms with Crippen LogP contribution < -0.4 is 31.1 Å². The van der Waals surface area contributed by atoms with Gasteiger partial charge in [0.15, 0.2) is 37.7 Å². The molecule has 1 N–H and O–H groups in total. The number of nitrogens with zero attached hydrogens (tertiary/aromatic N) is 6. The van der Waals surface area contributed by atoms with Crippen molar-refractivity contribution < 1.29 is 89.4 Å². The Morgan fingerprint density at radius 3 is 0.794 bits per heavy atom. The van der Waals surface area contributed by atoms with Crippen LogP contribution in [-0.2, 0) is 104 Å². The summed E-state index contributed by atoms with van der Waals surface area (Å²) in [5.41, 5.74) is 24.8. The molecule has 15 rings (SSSR count). The smallest absolute Gasteiger partial charge is 0.261 e. The Balaban J connectivity index is 0.768. The van der Waals surface area contributed by atoms with E-state index < -0.39 is 206 Å². The van der Waals surface area contributed by atoms with Crippen molar-refractivity contribution in [3.05, 3.63) is 311 Å². The molecule has 0 aromatic heterocycles. The molecule has 6 saturated heterocycles. The third-order valence-corrected chi connectivity index (χ3v) is 45.3. The van der Waals surface area contributed by atoms with Crippen LogP contribution in [0.1, 0.15) is 148 Å². The number of rotatable bonds is 37. The van der Waals surface area contributed by atoms with Gasteiger partial charge in [-0.3, -0.25) is 0 Å². The molecule has 756 valence electrons. The van der Waals surface area contributed by atoms with Crippen LogP contribution in [0.5, 0.6) is 0 Å². The van der Waals surface area contributed by atoms with E-state index in [-0.39, 0.29) is 56.5 Å². The molecule has 0 radical (unpaired) electrons. The lowest BCUT2D eigenvalue weighted by Gasteiger charge is -2.52. The van der Waals surface area contributed by atoms with Gasteiger partial charge in [-0.05, 0) is 113 Å². The van der Waals surface area contributed by atoms with Gasteiger partial charge in [0.25, 0.3) is 25.0 Å². The highest BCUT2D eigenvalue weighted by molar-refractivity contribution is 7.00. The zero-order valence-electron chi connectivity index (χ0n) is 85.5. The molecule has 0 amide bonds. The first kappa shape index (κ1) is 107. The van der Waals surface area contributed by atoms with Gasteiger partial charge in [0, 0.05) is 40.6 Å². The first-order valence-electron chi connectivity index (χ1n) is 50.5. The Kier molecular flexibility index (Phi) is 35.8. The van der Waals surface area contributed by atoms with Crippen LogP contribution in [0.3, 0.4) is 0 Å². The van der Waals surface area contributed by atoms with Crippen LogP contribution in [0.25, 0.3) is 20.9 Å². The van der Waals surface area contributed by atoms with Crippen molar-refractivity contribution in [1.29, 1.82) is 0 Å². The molecule has 0 spiro atoms. The molecular weight excluding hydrogens is 1830 g/mol. The summed E-state index contributed by atoms with van der Waals surface area (Å²) >= 11 is 0. The number of hydrogen-bond acceptors (Lipinski definition) is 21. The van der Waals surface area contributed by atoms with Crippen molar-refractivity contribution in [3.63, 3.8) is 0 Å². The summed E-state index contributed by atoms with van der Waals surface area (Å²) in [5, 5.41) is 26.4. The molecule has 9 aromatic rings. The quantitative estimate of drug-likeness (QED) is 0.0164. The third-order valence-electron chi connectivity index (χ3n) is 30.3. The molecule has 6 aliphatic heterocycles. The van der Waals surface area contributed by atoms with E-state index in [1.54, 1.807) is 7.11 Å². The minimum Gasteiger partial charge on any atom is -0.405 e. The Morgan fingerprint density at radius 1 is 0.284 bits per heavy atom. The Morgan fingerprint density at radius 2 is 0.525 bits per heavy atom. The summed E-state index contributed by atoms with van der Waals surface area (Å²) in [6.45, 7) is 41.0. The maximum Gasteiger partial charge on any atom is 0.261 e. The van der Waals surface area contributed by atoms with Crippen molar-refractivity contribution in [2.75, 3.05) is 26.9 Å². The van der Waals surface area contributed by atoms with E-state index in [1.807, 2.05) is 176 Å². The second-order valence-electron chi connectivity index (χ2n) is 42.6. The topological polar surface area (TPSA) is 284 Å². The van der Waals surface area contributed by atoms with Gasteiger partial charge >= 0.3 is 0 Å². The van der Waals surface area contributed by atoms with E-state index in [9.17, 15) is 16.2 Å². The number of methoxy groups -OCH3 is 1. The average molecular weight is 1980 g/mol. The monoisotopic (exact) mass is 1980 g/mol. The van der Waals surface area contributed by atoms with Crippen molar-refractivity contribution in [2.24, 2.45) is 51.7 Å². The maximum absolute atomic E-state index is 11.9. The Hall–Kier alpha value is -8.51. The predicted molar refractivity (Wildman–Crippen MR) is 552 cm³/mol. The van der Waals surface area contributed by atoms with Crippen molar-refractivity contribution in [3.8, 4) is 0 Å². The van der Waals surface area contributed by atoms with Crippen LogP contribution in [0.15, 0.2) is 283 Å². The summed E-state index contributed by atoms with van der Waals surface area (Å²) in [4.78, 5) is 7.15. The number of benzene rings is 9. The maximum atomic E-state index is 11.9. The number of azide groups is 2. The number of hydrogen-bond donors (Lipinski definition) is 1. The molecule has 0 saturated carbocycles. The summed E-state index contributed by atoms with van der Waals surface area (Å²) in [6, 6.07) is 90.7. The molecule has 25 nitrogen and oxygen atoms in total. The Labute approximate surface area is 837 Å². The van der Waals surface area contributed by atoms with E-state index in [0.29, 0.717) is 0 Å². The molecule has 12 unspecified atom stereocenters. The van der Waals surface area contributed by atoms with Gasteiger partial charge in [0.05, 0.1) is 107 Å². The number of ether oxygens (including phenoxy) is 15. The van der Waals surface area contributed by atoms with Crippen molar-refractivity contribution in [2.45, 2.75) is 308 Å². The standard InChI is InChI=1S/C113H148N6O19Si3/c1-72-73(2)105(121-20)131-91(69-125-139(111(11,12)13,85-54-36-24-37-55-85)86-56-38-25-39-57-86)97(72)134-107-77(6)101(123-67-83-50-32-22-33-51-83)103(80(9)129-107)137-110-95(117-119-115)75(4)99(93(133-110)71-127-141(113(17,18)19,89-62-44-28-45-63-89)90-64-46-29-47-65-90)136-108-78(7)102(124-68-84-52-34-23-35-53-84)104(81(10)130-108)138-109-94(116-118-114)74(3)98(135-106-76(5)100(96(120)79(8)128-106)122-66-82-48-30-21-31-49-82)92(132-109)70-126-140(112(14,15)16,87-58-40-26-41-59-87)88-60-42-27-43-61-88/h21-65,72-81,91-110,120H,66-71H2,1-20H3/t72-,73?,74-,75-,76?,77?,78?,79?,80?,81?,91?,92?,93?,94?,95?,96-,97+,98+,99+,100+,101+,102+,103+,104-,105+,106+,107+,108+,109-,110+/m1/s1. The third kappa shape index (κ3) is 23.3. The van der Waals surface area contributed by atoms with E-state index in [1.165, 1.54) is 0 Å². The number of aliphatic hydroxyl groups excluding tert-OH is 1. The summed E-state index contributed by atoms with van der Waals surface area (Å²) in [5.74, 6) is -3.31. The van der Waals surface area contributed by atoms with Gasteiger partial charge in [-0.25, -0.2) is 0 Å². The van der Waals surface area contributed by atoms with Gasteiger partial charge in [0.2, 0.25) is 0 Å². The van der Waals surface area contributed by atoms with Gasteiger partial charge in [-0.1, -0.05) is 394 Å². The summed E-state index contributed by atoms with van der Waals surface area (Å²) < 4.78 is 133. The highest BCUT2D eigenvalue weighted by Crippen LogP contribution is 2.48.